The SMILES string of the molecule is N#CCc1cc(Cl)c(F)c(N2CCc3c(nn(Cc4cccc(F)c4F)c3Cl)C2=O)c1. The van der Waals surface area contributed by atoms with Crippen molar-refractivity contribution in [2.45, 2.75) is 19.4 Å². The first-order valence-corrected chi connectivity index (χ1v) is 9.92. The Morgan fingerprint density at radius 1 is 1.16 bits per heavy atom. The number of nitriles is 1. The van der Waals surface area contributed by atoms with E-state index in [1.54, 1.807) is 0 Å². The lowest BCUT2D eigenvalue weighted by Crippen LogP contribution is -2.38. The van der Waals surface area contributed by atoms with E-state index in [-0.39, 0.29) is 53.1 Å². The van der Waals surface area contributed by atoms with E-state index >= 15 is 0 Å². The minimum Gasteiger partial charge on any atom is -0.304 e. The molecule has 2 aromatic carbocycles. The molecule has 0 N–H and O–H groups in total. The molecule has 1 aromatic heterocycles. The number of carbonyl (C=O) groups excluding carboxylic acids is 1. The van der Waals surface area contributed by atoms with Gasteiger partial charge in [0, 0.05) is 17.7 Å². The number of halogens is 5. The minimum absolute atomic E-state index is 0.0000645. The molecule has 0 radical (unpaired) electrons. The smallest absolute Gasteiger partial charge is 0.279 e. The van der Waals surface area contributed by atoms with Gasteiger partial charge in [0.1, 0.15) is 5.15 Å². The van der Waals surface area contributed by atoms with Crippen LogP contribution in [0.1, 0.15) is 27.2 Å². The normalized spacial score (nSPS) is 13.3. The highest BCUT2D eigenvalue weighted by Crippen LogP contribution is 2.34. The number of amides is 1. The van der Waals surface area contributed by atoms with Crippen LogP contribution in [0.2, 0.25) is 10.2 Å². The van der Waals surface area contributed by atoms with Gasteiger partial charge in [0.2, 0.25) is 0 Å². The van der Waals surface area contributed by atoms with Crippen LogP contribution in [-0.4, -0.2) is 22.2 Å². The van der Waals surface area contributed by atoms with Crippen molar-refractivity contribution < 1.29 is 18.0 Å². The molecule has 0 saturated heterocycles. The van der Waals surface area contributed by atoms with Crippen molar-refractivity contribution in [3.63, 3.8) is 0 Å². The third-order valence-corrected chi connectivity index (χ3v) is 5.71. The van der Waals surface area contributed by atoms with Crippen LogP contribution in [0, 0.1) is 28.8 Å². The predicted molar refractivity (Wildman–Crippen MR) is 109 cm³/mol. The van der Waals surface area contributed by atoms with Crippen LogP contribution >= 0.6 is 23.2 Å². The summed E-state index contributed by atoms with van der Waals surface area (Å²) < 4.78 is 43.4. The van der Waals surface area contributed by atoms with Crippen LogP contribution < -0.4 is 4.90 Å². The Morgan fingerprint density at radius 3 is 2.68 bits per heavy atom. The second-order valence-corrected chi connectivity index (χ2v) is 7.71. The maximum absolute atomic E-state index is 14.7. The highest BCUT2D eigenvalue weighted by molar-refractivity contribution is 6.32. The van der Waals surface area contributed by atoms with E-state index in [4.69, 9.17) is 28.5 Å². The zero-order valence-electron chi connectivity index (χ0n) is 15.8. The molecule has 3 aromatic rings. The summed E-state index contributed by atoms with van der Waals surface area (Å²) in [6.45, 7) is -0.0740. The number of fused-ring (bicyclic) bond motifs is 1. The second-order valence-electron chi connectivity index (χ2n) is 6.94. The van der Waals surface area contributed by atoms with Crippen molar-refractivity contribution in [1.29, 1.82) is 5.26 Å². The first-order chi connectivity index (χ1) is 14.8. The molecule has 1 aliphatic heterocycles. The van der Waals surface area contributed by atoms with Gasteiger partial charge in [-0.1, -0.05) is 35.3 Å². The van der Waals surface area contributed by atoms with Gasteiger partial charge in [-0.2, -0.15) is 10.4 Å². The van der Waals surface area contributed by atoms with Crippen molar-refractivity contribution in [3.05, 3.63) is 80.3 Å². The highest BCUT2D eigenvalue weighted by atomic mass is 35.5. The molecule has 158 valence electrons. The summed E-state index contributed by atoms with van der Waals surface area (Å²) in [6.07, 6.45) is 0.269. The standard InChI is InChI=1S/C21H13Cl2F3N4O/c22-14-8-11(4-6-27)9-16(18(14)26)29-7-5-13-19(21(29)31)28-30(20(13)23)10-12-2-1-3-15(24)17(12)25/h1-3,8-9H,4-5,7,10H2. The summed E-state index contributed by atoms with van der Waals surface area (Å²) in [4.78, 5) is 14.3. The molecular weight excluding hydrogens is 452 g/mol. The Labute approximate surface area is 185 Å². The summed E-state index contributed by atoms with van der Waals surface area (Å²) in [7, 11) is 0. The predicted octanol–water partition coefficient (Wildman–Crippen LogP) is 4.92. The third kappa shape index (κ3) is 3.75. The van der Waals surface area contributed by atoms with Gasteiger partial charge in [0.05, 0.1) is 29.7 Å². The maximum atomic E-state index is 14.7. The molecule has 31 heavy (non-hydrogen) atoms. The Hall–Kier alpha value is -3.02. The fourth-order valence-corrected chi connectivity index (χ4v) is 4.03. The third-order valence-electron chi connectivity index (χ3n) is 5.01. The van der Waals surface area contributed by atoms with Crippen molar-refractivity contribution >= 4 is 34.8 Å². The van der Waals surface area contributed by atoms with E-state index in [2.05, 4.69) is 5.10 Å². The van der Waals surface area contributed by atoms with Gasteiger partial charge in [-0.05, 0) is 30.2 Å². The van der Waals surface area contributed by atoms with Crippen LogP contribution in [0.25, 0.3) is 0 Å². The summed E-state index contributed by atoms with van der Waals surface area (Å²) in [5, 5.41) is 13.0. The van der Waals surface area contributed by atoms with Gasteiger partial charge in [-0.3, -0.25) is 4.79 Å². The topological polar surface area (TPSA) is 61.9 Å². The molecule has 0 aliphatic carbocycles. The van der Waals surface area contributed by atoms with E-state index < -0.39 is 23.4 Å². The number of anilines is 1. The van der Waals surface area contributed by atoms with Gasteiger partial charge in [0.15, 0.2) is 23.1 Å². The number of rotatable bonds is 4. The van der Waals surface area contributed by atoms with Crippen molar-refractivity contribution in [1.82, 2.24) is 9.78 Å². The Bertz CT molecular complexity index is 1250. The quantitative estimate of drug-likeness (QED) is 0.550. The Kier molecular flexibility index (Phi) is 5.65. The van der Waals surface area contributed by atoms with Crippen molar-refractivity contribution in [3.8, 4) is 6.07 Å². The zero-order chi connectivity index (χ0) is 22.3. The van der Waals surface area contributed by atoms with E-state index in [1.165, 1.54) is 33.8 Å². The van der Waals surface area contributed by atoms with E-state index in [0.29, 0.717) is 11.1 Å². The van der Waals surface area contributed by atoms with Gasteiger partial charge in [-0.25, -0.2) is 17.9 Å². The molecule has 0 fully saturated rings. The lowest BCUT2D eigenvalue weighted by atomic mass is 10.0. The van der Waals surface area contributed by atoms with Gasteiger partial charge in [-0.15, -0.1) is 0 Å². The molecule has 5 nitrogen and oxygen atoms in total. The molecule has 0 bridgehead atoms. The molecular formula is C21H13Cl2F3N4O. The summed E-state index contributed by atoms with van der Waals surface area (Å²) in [6, 6.07) is 8.43. The number of nitrogens with zero attached hydrogens (tertiary/aromatic N) is 4. The molecule has 0 spiro atoms. The second kappa shape index (κ2) is 8.25. The fraction of sp³-hybridized carbons (Fsp3) is 0.190. The fourth-order valence-electron chi connectivity index (χ4n) is 3.51. The zero-order valence-corrected chi connectivity index (χ0v) is 17.3. The van der Waals surface area contributed by atoms with Crippen LogP contribution in [0.3, 0.4) is 0 Å². The number of benzene rings is 2. The molecule has 2 heterocycles. The van der Waals surface area contributed by atoms with Crippen molar-refractivity contribution in [2.75, 3.05) is 11.4 Å². The molecule has 10 heteroatoms. The molecule has 1 amide bonds. The monoisotopic (exact) mass is 464 g/mol. The van der Waals surface area contributed by atoms with Gasteiger partial charge < -0.3 is 4.90 Å². The van der Waals surface area contributed by atoms with Crippen LogP contribution in [0.15, 0.2) is 30.3 Å². The van der Waals surface area contributed by atoms with Gasteiger partial charge in [0.25, 0.3) is 5.91 Å². The Balaban J connectivity index is 1.70. The highest BCUT2D eigenvalue weighted by Gasteiger charge is 2.33. The van der Waals surface area contributed by atoms with Crippen molar-refractivity contribution in [2.24, 2.45) is 0 Å². The number of hydrogen-bond donors (Lipinski definition) is 0. The number of carbonyl (C=O) groups is 1. The Morgan fingerprint density at radius 2 is 1.94 bits per heavy atom. The molecule has 1 aliphatic rings. The first-order valence-electron chi connectivity index (χ1n) is 9.16. The van der Waals surface area contributed by atoms with Gasteiger partial charge >= 0.3 is 0 Å². The average molecular weight is 465 g/mol. The lowest BCUT2D eigenvalue weighted by molar-refractivity contribution is 0.0974. The molecule has 0 atom stereocenters. The average Bonchev–Trinajstić information content (AvgIpc) is 3.05. The maximum Gasteiger partial charge on any atom is 0.279 e. The van der Waals surface area contributed by atoms with Crippen LogP contribution in [0.4, 0.5) is 18.9 Å². The molecule has 0 unspecified atom stereocenters. The van der Waals surface area contributed by atoms with Crippen LogP contribution in [0.5, 0.6) is 0 Å². The molecule has 0 saturated carbocycles. The summed E-state index contributed by atoms with van der Waals surface area (Å²) >= 11 is 12.3. The number of aromatic nitrogens is 2. The van der Waals surface area contributed by atoms with E-state index in [1.807, 2.05) is 6.07 Å². The number of hydrogen-bond acceptors (Lipinski definition) is 3. The minimum atomic E-state index is -1.02. The summed E-state index contributed by atoms with van der Waals surface area (Å²) in [5.41, 5.74) is 0.865. The summed E-state index contributed by atoms with van der Waals surface area (Å²) in [5.74, 6) is -3.42. The molecule has 4 rings (SSSR count). The van der Waals surface area contributed by atoms with E-state index in [9.17, 15) is 18.0 Å². The van der Waals surface area contributed by atoms with Crippen LogP contribution in [-0.2, 0) is 19.4 Å². The first kappa shape index (κ1) is 21.2. The van der Waals surface area contributed by atoms with E-state index in [0.717, 1.165) is 6.07 Å². The largest absolute Gasteiger partial charge is 0.304 e. The lowest BCUT2D eigenvalue weighted by Gasteiger charge is -2.27.